The SMILES string of the molecule is C=C(C)C(=O)OCCCCCCCCCCC(=O)O[C@@H]1CC[C@@]2(C)[C@H](CC[C@@H]3[C@@H]2CC[C@]2(C)[C@@H]([C@H](C)CCC(=O)OC)CC[C@@H]32)C1. The van der Waals surface area contributed by atoms with Crippen LogP contribution in [0, 0.1) is 46.3 Å². The van der Waals surface area contributed by atoms with Crippen LogP contribution < -0.4 is 0 Å². The normalized spacial score (nSPS) is 34.0. The van der Waals surface area contributed by atoms with E-state index in [1.807, 2.05) is 0 Å². The Morgan fingerprint density at radius 1 is 0.783 bits per heavy atom. The first-order valence-electron chi connectivity index (χ1n) is 19.1. The summed E-state index contributed by atoms with van der Waals surface area (Å²) >= 11 is 0. The van der Waals surface area contributed by atoms with E-state index >= 15 is 0 Å². The minimum atomic E-state index is -0.293. The minimum Gasteiger partial charge on any atom is -0.469 e. The van der Waals surface area contributed by atoms with Crippen molar-refractivity contribution in [1.29, 1.82) is 0 Å². The van der Waals surface area contributed by atoms with Crippen LogP contribution in [0.25, 0.3) is 0 Å². The van der Waals surface area contributed by atoms with E-state index in [9.17, 15) is 14.4 Å². The third-order valence-electron chi connectivity index (χ3n) is 13.6. The molecular formula is C40H66O6. The monoisotopic (exact) mass is 642 g/mol. The Morgan fingerprint density at radius 3 is 2.13 bits per heavy atom. The van der Waals surface area contributed by atoms with Gasteiger partial charge in [-0.1, -0.05) is 65.9 Å². The highest BCUT2D eigenvalue weighted by Crippen LogP contribution is 2.68. The summed E-state index contributed by atoms with van der Waals surface area (Å²) in [5.41, 5.74) is 1.26. The molecule has 4 rings (SSSR count). The molecule has 0 radical (unpaired) electrons. The fraction of sp³-hybridized carbons (Fsp3) is 0.875. The van der Waals surface area contributed by atoms with Crippen LogP contribution in [0.1, 0.15) is 156 Å². The molecule has 0 amide bonds. The molecule has 46 heavy (non-hydrogen) atoms. The molecule has 0 bridgehead atoms. The van der Waals surface area contributed by atoms with Crippen molar-refractivity contribution in [3.8, 4) is 0 Å². The van der Waals surface area contributed by atoms with E-state index in [1.54, 1.807) is 6.92 Å². The van der Waals surface area contributed by atoms with Crippen molar-refractivity contribution in [2.24, 2.45) is 46.3 Å². The lowest BCUT2D eigenvalue weighted by atomic mass is 9.44. The summed E-state index contributed by atoms with van der Waals surface area (Å²) in [5.74, 6) is 4.09. The maximum Gasteiger partial charge on any atom is 0.333 e. The van der Waals surface area contributed by atoms with Crippen molar-refractivity contribution in [1.82, 2.24) is 0 Å². The number of fused-ring (bicyclic) bond motifs is 5. The maximum absolute atomic E-state index is 12.8. The lowest BCUT2D eigenvalue weighted by Gasteiger charge is -2.61. The van der Waals surface area contributed by atoms with Crippen LogP contribution in [-0.4, -0.2) is 37.7 Å². The predicted octanol–water partition coefficient (Wildman–Crippen LogP) is 9.78. The van der Waals surface area contributed by atoms with Gasteiger partial charge in [-0.15, -0.1) is 0 Å². The first-order chi connectivity index (χ1) is 22.0. The summed E-state index contributed by atoms with van der Waals surface area (Å²) in [5, 5.41) is 0. The van der Waals surface area contributed by atoms with Crippen molar-refractivity contribution in [3.63, 3.8) is 0 Å². The second-order valence-electron chi connectivity index (χ2n) is 16.4. The van der Waals surface area contributed by atoms with Crippen LogP contribution in [0.3, 0.4) is 0 Å². The lowest BCUT2D eigenvalue weighted by Crippen LogP contribution is -2.54. The average Bonchev–Trinajstić information content (AvgIpc) is 3.39. The molecule has 0 heterocycles. The Kier molecular flexibility index (Phi) is 13.7. The predicted molar refractivity (Wildman–Crippen MR) is 183 cm³/mol. The molecule has 4 saturated carbocycles. The zero-order chi connectivity index (χ0) is 33.3. The number of unbranched alkanes of at least 4 members (excludes halogenated alkanes) is 7. The molecule has 0 aliphatic heterocycles. The third-order valence-corrected chi connectivity index (χ3v) is 13.6. The second-order valence-corrected chi connectivity index (χ2v) is 16.4. The molecule has 0 aromatic carbocycles. The number of carbonyl (C=O) groups is 3. The molecule has 4 aliphatic carbocycles. The number of esters is 3. The van der Waals surface area contributed by atoms with Gasteiger partial charge in [0, 0.05) is 18.4 Å². The van der Waals surface area contributed by atoms with Gasteiger partial charge >= 0.3 is 17.9 Å². The molecule has 0 aromatic rings. The molecule has 4 aliphatic rings. The van der Waals surface area contributed by atoms with Gasteiger partial charge in [0.2, 0.25) is 0 Å². The fourth-order valence-corrected chi connectivity index (χ4v) is 10.9. The summed E-state index contributed by atoms with van der Waals surface area (Å²) in [6.07, 6.45) is 22.2. The molecule has 0 unspecified atom stereocenters. The number of ether oxygens (including phenoxy) is 3. The molecule has 6 heteroatoms. The van der Waals surface area contributed by atoms with Crippen molar-refractivity contribution in [2.45, 2.75) is 162 Å². The van der Waals surface area contributed by atoms with E-state index in [4.69, 9.17) is 14.2 Å². The third kappa shape index (κ3) is 8.98. The maximum atomic E-state index is 12.8. The van der Waals surface area contributed by atoms with Gasteiger partial charge < -0.3 is 14.2 Å². The molecule has 262 valence electrons. The summed E-state index contributed by atoms with van der Waals surface area (Å²) in [6, 6.07) is 0. The molecule has 0 saturated heterocycles. The standard InChI is InChI=1S/C40H66O6/c1-28(2)38(43)45-26-14-12-10-8-7-9-11-13-15-37(42)46-31-22-24-39(4)30(27-31)17-18-32-34-20-19-33(29(3)16-21-36(41)44-6)40(34,5)25-23-35(32)39/h29-35H,1,7-27H2,2-6H3/t29-,30-,31-,32+,33-,34+,35+,39+,40-/m1/s1. The van der Waals surface area contributed by atoms with Crippen molar-refractivity contribution in [3.05, 3.63) is 12.2 Å². The second kappa shape index (κ2) is 17.0. The first kappa shape index (κ1) is 37.0. The van der Waals surface area contributed by atoms with Crippen LogP contribution in [0.4, 0.5) is 0 Å². The summed E-state index contributed by atoms with van der Waals surface area (Å²) in [4.78, 5) is 36.0. The van der Waals surface area contributed by atoms with E-state index in [0.29, 0.717) is 47.7 Å². The fourth-order valence-electron chi connectivity index (χ4n) is 10.9. The Balaban J connectivity index is 1.12. The quantitative estimate of drug-likeness (QED) is 0.0680. The van der Waals surface area contributed by atoms with Gasteiger partial charge in [-0.3, -0.25) is 9.59 Å². The molecule has 0 N–H and O–H groups in total. The van der Waals surface area contributed by atoms with Crippen LogP contribution in [0.5, 0.6) is 0 Å². The van der Waals surface area contributed by atoms with E-state index in [1.165, 1.54) is 64.9 Å². The van der Waals surface area contributed by atoms with Gasteiger partial charge in [-0.05, 0) is 130 Å². The Hall–Kier alpha value is -1.85. The molecule has 0 aromatic heterocycles. The topological polar surface area (TPSA) is 78.9 Å². The summed E-state index contributed by atoms with van der Waals surface area (Å²) in [6.45, 7) is 13.3. The largest absolute Gasteiger partial charge is 0.469 e. The molecule has 0 spiro atoms. The molecule has 6 nitrogen and oxygen atoms in total. The van der Waals surface area contributed by atoms with Crippen molar-refractivity contribution in [2.75, 3.05) is 13.7 Å². The smallest absolute Gasteiger partial charge is 0.333 e. The van der Waals surface area contributed by atoms with Crippen LogP contribution in [0.15, 0.2) is 12.2 Å². The van der Waals surface area contributed by atoms with E-state index in [-0.39, 0.29) is 24.0 Å². The summed E-state index contributed by atoms with van der Waals surface area (Å²) in [7, 11) is 1.50. The van der Waals surface area contributed by atoms with Gasteiger partial charge in [-0.25, -0.2) is 4.79 Å². The highest BCUT2D eigenvalue weighted by molar-refractivity contribution is 5.86. The van der Waals surface area contributed by atoms with Crippen molar-refractivity contribution < 1.29 is 28.6 Å². The zero-order valence-electron chi connectivity index (χ0n) is 30.0. The zero-order valence-corrected chi connectivity index (χ0v) is 30.0. The lowest BCUT2D eigenvalue weighted by molar-refractivity contribution is -0.162. The number of hydrogen-bond acceptors (Lipinski definition) is 6. The minimum absolute atomic E-state index is 0.0124. The number of carbonyl (C=O) groups excluding carboxylic acids is 3. The Morgan fingerprint density at radius 2 is 1.43 bits per heavy atom. The van der Waals surface area contributed by atoms with Crippen molar-refractivity contribution >= 4 is 17.9 Å². The van der Waals surface area contributed by atoms with E-state index < -0.39 is 0 Å². The van der Waals surface area contributed by atoms with E-state index in [2.05, 4.69) is 27.4 Å². The van der Waals surface area contributed by atoms with Crippen LogP contribution >= 0.6 is 0 Å². The van der Waals surface area contributed by atoms with Crippen LogP contribution in [-0.2, 0) is 28.6 Å². The first-order valence-corrected chi connectivity index (χ1v) is 19.1. The van der Waals surface area contributed by atoms with Crippen LogP contribution in [0.2, 0.25) is 0 Å². The van der Waals surface area contributed by atoms with Gasteiger partial charge in [0.25, 0.3) is 0 Å². The highest BCUT2D eigenvalue weighted by Gasteiger charge is 2.60. The number of rotatable bonds is 17. The number of methoxy groups -OCH3 is 1. The Bertz CT molecular complexity index is 1040. The van der Waals surface area contributed by atoms with Gasteiger partial charge in [-0.2, -0.15) is 0 Å². The molecular weight excluding hydrogens is 576 g/mol. The molecule has 9 atom stereocenters. The van der Waals surface area contributed by atoms with Gasteiger partial charge in [0.05, 0.1) is 13.7 Å². The van der Waals surface area contributed by atoms with Gasteiger partial charge in [0.1, 0.15) is 6.10 Å². The van der Waals surface area contributed by atoms with E-state index in [0.717, 1.165) is 81.5 Å². The Labute approximate surface area is 280 Å². The highest BCUT2D eigenvalue weighted by atomic mass is 16.5. The average molecular weight is 643 g/mol. The van der Waals surface area contributed by atoms with Gasteiger partial charge in [0.15, 0.2) is 0 Å². The number of hydrogen-bond donors (Lipinski definition) is 0. The molecule has 4 fully saturated rings. The summed E-state index contributed by atoms with van der Waals surface area (Å²) < 4.78 is 16.2.